The molecule has 4 heterocycles. The number of carbonyl (C=O) groups excluding carboxylic acids is 1. The third-order valence-electron chi connectivity index (χ3n) is 4.91. The van der Waals surface area contributed by atoms with E-state index in [-0.39, 0.29) is 30.3 Å². The SMILES string of the molecule is Cn1nc(Br)c2c(=O)n(CC(=O)N3CCCCC3C3OCCO3)cnc21. The molecular weight excluding hydrogens is 406 g/mol. The Labute approximate surface area is 158 Å². The van der Waals surface area contributed by atoms with E-state index in [9.17, 15) is 9.59 Å². The molecule has 10 heteroatoms. The van der Waals surface area contributed by atoms with Crippen molar-refractivity contribution >= 4 is 32.9 Å². The van der Waals surface area contributed by atoms with E-state index in [0.29, 0.717) is 35.4 Å². The molecular formula is C16H20BrN5O4. The van der Waals surface area contributed by atoms with Gasteiger partial charge in [0, 0.05) is 13.6 Å². The fourth-order valence-corrected chi connectivity index (χ4v) is 4.22. The van der Waals surface area contributed by atoms with Gasteiger partial charge in [0.05, 0.1) is 19.3 Å². The number of rotatable bonds is 3. The monoisotopic (exact) mass is 425 g/mol. The van der Waals surface area contributed by atoms with Crippen molar-refractivity contribution in [3.63, 3.8) is 0 Å². The Morgan fingerprint density at radius 1 is 1.35 bits per heavy atom. The van der Waals surface area contributed by atoms with Gasteiger partial charge in [-0.05, 0) is 35.2 Å². The topological polar surface area (TPSA) is 91.5 Å². The lowest BCUT2D eigenvalue weighted by Gasteiger charge is -2.38. The molecule has 0 radical (unpaired) electrons. The number of piperidine rings is 1. The average molecular weight is 426 g/mol. The lowest BCUT2D eigenvalue weighted by molar-refractivity contribution is -0.151. The average Bonchev–Trinajstić information content (AvgIpc) is 3.26. The van der Waals surface area contributed by atoms with Crippen molar-refractivity contribution in [3.05, 3.63) is 21.3 Å². The molecule has 1 unspecified atom stereocenters. The second-order valence-electron chi connectivity index (χ2n) is 6.55. The van der Waals surface area contributed by atoms with E-state index < -0.39 is 0 Å². The van der Waals surface area contributed by atoms with Gasteiger partial charge < -0.3 is 14.4 Å². The normalized spacial score (nSPS) is 21.6. The second kappa shape index (κ2) is 7.09. The largest absolute Gasteiger partial charge is 0.348 e. The van der Waals surface area contributed by atoms with Crippen molar-refractivity contribution in [2.24, 2.45) is 7.05 Å². The van der Waals surface area contributed by atoms with Crippen LogP contribution in [0, 0.1) is 0 Å². The molecule has 140 valence electrons. The number of carbonyl (C=O) groups is 1. The summed E-state index contributed by atoms with van der Waals surface area (Å²) in [5, 5.41) is 4.53. The maximum absolute atomic E-state index is 12.9. The first-order valence-electron chi connectivity index (χ1n) is 8.66. The number of hydrogen-bond donors (Lipinski definition) is 0. The Balaban J connectivity index is 1.59. The van der Waals surface area contributed by atoms with Gasteiger partial charge in [-0.1, -0.05) is 0 Å². The van der Waals surface area contributed by atoms with Crippen LogP contribution in [0.3, 0.4) is 0 Å². The molecule has 4 rings (SSSR count). The standard InChI is InChI=1S/C16H20BrN5O4/c1-20-14-12(13(17)19-20)15(24)21(9-18-14)8-11(23)22-5-3-2-4-10(22)16-25-6-7-26-16/h9-10,16H,2-8H2,1H3. The van der Waals surface area contributed by atoms with Crippen molar-refractivity contribution < 1.29 is 14.3 Å². The van der Waals surface area contributed by atoms with Gasteiger partial charge in [-0.15, -0.1) is 0 Å². The predicted octanol–water partition coefficient (Wildman–Crippen LogP) is 0.646. The van der Waals surface area contributed by atoms with Gasteiger partial charge in [0.2, 0.25) is 5.91 Å². The lowest BCUT2D eigenvalue weighted by Crippen LogP contribution is -2.51. The van der Waals surface area contributed by atoms with E-state index in [1.165, 1.54) is 15.6 Å². The smallest absolute Gasteiger partial charge is 0.266 e. The minimum Gasteiger partial charge on any atom is -0.348 e. The molecule has 2 aromatic heterocycles. The van der Waals surface area contributed by atoms with E-state index in [2.05, 4.69) is 26.0 Å². The maximum atomic E-state index is 12.9. The first-order valence-corrected chi connectivity index (χ1v) is 9.46. The summed E-state index contributed by atoms with van der Waals surface area (Å²) in [7, 11) is 1.72. The van der Waals surface area contributed by atoms with Gasteiger partial charge >= 0.3 is 0 Å². The molecule has 0 aromatic carbocycles. The predicted molar refractivity (Wildman–Crippen MR) is 95.5 cm³/mol. The Morgan fingerprint density at radius 2 is 2.12 bits per heavy atom. The van der Waals surface area contributed by atoms with E-state index in [0.717, 1.165) is 19.3 Å². The van der Waals surface area contributed by atoms with Gasteiger partial charge in [-0.3, -0.25) is 14.2 Å². The molecule has 2 fully saturated rings. The van der Waals surface area contributed by atoms with Crippen molar-refractivity contribution in [1.29, 1.82) is 0 Å². The number of likely N-dealkylation sites (tertiary alicyclic amines) is 1. The molecule has 0 N–H and O–H groups in total. The van der Waals surface area contributed by atoms with Gasteiger partial charge in [0.1, 0.15) is 22.9 Å². The van der Waals surface area contributed by atoms with Crippen LogP contribution < -0.4 is 5.56 Å². The zero-order chi connectivity index (χ0) is 18.3. The first kappa shape index (κ1) is 17.6. The quantitative estimate of drug-likeness (QED) is 0.716. The fraction of sp³-hybridized carbons (Fsp3) is 0.625. The highest BCUT2D eigenvalue weighted by molar-refractivity contribution is 9.10. The van der Waals surface area contributed by atoms with Crippen LogP contribution >= 0.6 is 15.9 Å². The molecule has 1 atom stereocenters. The Hall–Kier alpha value is -1.78. The second-order valence-corrected chi connectivity index (χ2v) is 7.30. The molecule has 0 spiro atoms. The van der Waals surface area contributed by atoms with Crippen LogP contribution in [0.25, 0.3) is 11.0 Å². The van der Waals surface area contributed by atoms with Gasteiger partial charge in [0.15, 0.2) is 11.9 Å². The van der Waals surface area contributed by atoms with Crippen molar-refractivity contribution in [2.75, 3.05) is 19.8 Å². The summed E-state index contributed by atoms with van der Waals surface area (Å²) in [5.41, 5.74) is 0.194. The highest BCUT2D eigenvalue weighted by Gasteiger charge is 2.36. The number of aryl methyl sites for hydroxylation is 1. The molecule has 1 amide bonds. The highest BCUT2D eigenvalue weighted by Crippen LogP contribution is 2.25. The van der Waals surface area contributed by atoms with Gasteiger partial charge in [-0.2, -0.15) is 5.10 Å². The Kier molecular flexibility index (Phi) is 4.80. The molecule has 0 saturated carbocycles. The van der Waals surface area contributed by atoms with Crippen LogP contribution in [0.2, 0.25) is 0 Å². The molecule has 26 heavy (non-hydrogen) atoms. The first-order chi connectivity index (χ1) is 12.6. The number of fused-ring (bicyclic) bond motifs is 1. The minimum absolute atomic E-state index is 0.0632. The lowest BCUT2D eigenvalue weighted by atomic mass is 10.0. The summed E-state index contributed by atoms with van der Waals surface area (Å²) in [6.45, 7) is 1.69. The highest BCUT2D eigenvalue weighted by atomic mass is 79.9. The van der Waals surface area contributed by atoms with Crippen LogP contribution in [-0.2, 0) is 27.9 Å². The third kappa shape index (κ3) is 3.06. The number of amides is 1. The Morgan fingerprint density at radius 3 is 2.88 bits per heavy atom. The number of aromatic nitrogens is 4. The zero-order valence-electron chi connectivity index (χ0n) is 14.4. The van der Waals surface area contributed by atoms with Crippen molar-refractivity contribution in [3.8, 4) is 0 Å². The summed E-state index contributed by atoms with van der Waals surface area (Å²) < 4.78 is 14.5. The van der Waals surface area contributed by atoms with Crippen LogP contribution in [0.4, 0.5) is 0 Å². The summed E-state index contributed by atoms with van der Waals surface area (Å²) in [6.07, 6.45) is 3.85. The van der Waals surface area contributed by atoms with Crippen LogP contribution in [-0.4, -0.2) is 62.2 Å². The molecule has 2 saturated heterocycles. The molecule has 2 aromatic rings. The van der Waals surface area contributed by atoms with Crippen LogP contribution in [0.1, 0.15) is 19.3 Å². The van der Waals surface area contributed by atoms with Crippen LogP contribution in [0.5, 0.6) is 0 Å². The number of hydrogen-bond acceptors (Lipinski definition) is 6. The third-order valence-corrected chi connectivity index (χ3v) is 5.46. The molecule has 9 nitrogen and oxygen atoms in total. The number of halogens is 1. The van der Waals surface area contributed by atoms with E-state index in [1.54, 1.807) is 11.9 Å². The van der Waals surface area contributed by atoms with Gasteiger partial charge in [0.25, 0.3) is 5.56 Å². The van der Waals surface area contributed by atoms with Crippen molar-refractivity contribution in [2.45, 2.75) is 38.1 Å². The minimum atomic E-state index is -0.371. The van der Waals surface area contributed by atoms with E-state index >= 15 is 0 Å². The molecule has 0 bridgehead atoms. The number of nitrogens with zero attached hydrogens (tertiary/aromatic N) is 5. The summed E-state index contributed by atoms with van der Waals surface area (Å²) >= 11 is 3.29. The Bertz CT molecular complexity index is 889. The van der Waals surface area contributed by atoms with Gasteiger partial charge in [-0.25, -0.2) is 9.67 Å². The molecule has 2 aliphatic heterocycles. The fourth-order valence-electron chi connectivity index (χ4n) is 3.63. The molecule has 2 aliphatic rings. The maximum Gasteiger partial charge on any atom is 0.266 e. The summed E-state index contributed by atoms with van der Waals surface area (Å²) in [6, 6.07) is -0.101. The summed E-state index contributed by atoms with van der Waals surface area (Å²) in [4.78, 5) is 31.7. The van der Waals surface area contributed by atoms with Crippen LogP contribution in [0.15, 0.2) is 15.7 Å². The van der Waals surface area contributed by atoms with E-state index in [1.807, 2.05) is 0 Å². The molecule has 0 aliphatic carbocycles. The zero-order valence-corrected chi connectivity index (χ0v) is 16.0. The van der Waals surface area contributed by atoms with E-state index in [4.69, 9.17) is 9.47 Å². The number of ether oxygens (including phenoxy) is 2. The van der Waals surface area contributed by atoms with Crippen molar-refractivity contribution in [1.82, 2.24) is 24.2 Å². The summed E-state index contributed by atoms with van der Waals surface area (Å²) in [5.74, 6) is -0.128.